The van der Waals surface area contributed by atoms with Gasteiger partial charge >= 0.3 is 0 Å². The lowest BCUT2D eigenvalue weighted by Crippen LogP contribution is -2.27. The molecule has 0 bridgehead atoms. The normalized spacial score (nSPS) is 12.8. The number of halogens is 1. The summed E-state index contributed by atoms with van der Waals surface area (Å²) in [6.45, 7) is 2.03. The summed E-state index contributed by atoms with van der Waals surface area (Å²) in [7, 11) is 3.94. The van der Waals surface area contributed by atoms with Gasteiger partial charge in [0.15, 0.2) is 6.29 Å². The second-order valence-electron chi connectivity index (χ2n) is 8.20. The van der Waals surface area contributed by atoms with Crippen LogP contribution < -0.4 is 21.2 Å². The van der Waals surface area contributed by atoms with Crippen LogP contribution in [0.5, 0.6) is 5.75 Å². The molecule has 3 rings (SSSR count). The van der Waals surface area contributed by atoms with Gasteiger partial charge in [-0.25, -0.2) is 5.43 Å². The van der Waals surface area contributed by atoms with Crippen molar-refractivity contribution in [2.24, 2.45) is 5.10 Å². The van der Waals surface area contributed by atoms with Crippen LogP contribution in [-0.2, 0) is 22.4 Å². The first-order valence-corrected chi connectivity index (χ1v) is 11.7. The van der Waals surface area contributed by atoms with Crippen molar-refractivity contribution in [3.05, 3.63) is 57.1 Å². The van der Waals surface area contributed by atoms with Crippen molar-refractivity contribution in [2.75, 3.05) is 39.5 Å². The van der Waals surface area contributed by atoms with E-state index in [0.717, 1.165) is 36.3 Å². The number of hydrogen-bond donors (Lipinski definition) is 3. The number of nitrogen functional groups attached to an aromatic ring is 1. The van der Waals surface area contributed by atoms with E-state index in [1.165, 1.54) is 6.07 Å². The third-order valence-corrected chi connectivity index (χ3v) is 5.86. The molecule has 10 heteroatoms. The molecule has 1 aliphatic rings. The Hall–Kier alpha value is -3.24. The van der Waals surface area contributed by atoms with Gasteiger partial charge in [0.05, 0.1) is 13.0 Å². The average molecular weight is 530 g/mol. The first-order chi connectivity index (χ1) is 16.3. The van der Waals surface area contributed by atoms with Gasteiger partial charge < -0.3 is 20.7 Å². The SMILES string of the molecule is CN(C)CCCNC(=O)c1cc(N)c(/C(C=O)=N/NC(=O)Cc2ccc3c(c2)CCO3)c(Br)c1. The monoisotopic (exact) mass is 529 g/mol. The van der Waals surface area contributed by atoms with E-state index in [0.29, 0.717) is 35.0 Å². The Morgan fingerprint density at radius 3 is 2.76 bits per heavy atom. The molecule has 0 aromatic heterocycles. The second-order valence-corrected chi connectivity index (χ2v) is 9.06. The molecule has 0 spiro atoms. The van der Waals surface area contributed by atoms with Crippen molar-refractivity contribution in [1.29, 1.82) is 0 Å². The summed E-state index contributed by atoms with van der Waals surface area (Å²) in [5.41, 5.74) is 11.2. The Morgan fingerprint density at radius 2 is 2.06 bits per heavy atom. The van der Waals surface area contributed by atoms with Crippen molar-refractivity contribution in [2.45, 2.75) is 19.3 Å². The van der Waals surface area contributed by atoms with Crippen LogP contribution in [0.2, 0.25) is 0 Å². The number of amides is 2. The molecule has 2 amide bonds. The standard InChI is InChI=1S/C24H28BrN5O4/c1-30(2)8-3-7-27-24(33)17-12-18(25)23(19(26)13-17)20(14-31)28-29-22(32)11-15-4-5-21-16(10-15)6-9-34-21/h4-5,10,12-14H,3,6-9,11,26H2,1-2H3,(H,27,33)(H,29,32)/b28-20+. The maximum Gasteiger partial charge on any atom is 0.251 e. The molecule has 2 aromatic rings. The largest absolute Gasteiger partial charge is 0.493 e. The lowest BCUT2D eigenvalue weighted by atomic mass is 10.0. The number of carbonyl (C=O) groups is 3. The molecule has 2 aromatic carbocycles. The maximum atomic E-state index is 12.4. The van der Waals surface area contributed by atoms with Gasteiger partial charge in [-0.2, -0.15) is 5.10 Å². The molecular weight excluding hydrogens is 502 g/mol. The highest BCUT2D eigenvalue weighted by Gasteiger charge is 2.17. The summed E-state index contributed by atoms with van der Waals surface area (Å²) in [6.07, 6.45) is 2.24. The topological polar surface area (TPSA) is 126 Å². The van der Waals surface area contributed by atoms with E-state index >= 15 is 0 Å². The zero-order valence-corrected chi connectivity index (χ0v) is 20.8. The molecule has 4 N–H and O–H groups in total. The number of nitrogens with two attached hydrogens (primary N) is 1. The van der Waals surface area contributed by atoms with Crippen LogP contribution in [0, 0.1) is 0 Å². The zero-order chi connectivity index (χ0) is 24.7. The number of nitrogens with one attached hydrogen (secondary N) is 2. The van der Waals surface area contributed by atoms with Crippen LogP contribution in [0.4, 0.5) is 5.69 Å². The third-order valence-electron chi connectivity index (χ3n) is 5.24. The molecule has 0 radical (unpaired) electrons. The molecule has 9 nitrogen and oxygen atoms in total. The van der Waals surface area contributed by atoms with E-state index in [2.05, 4.69) is 31.8 Å². The maximum absolute atomic E-state index is 12.4. The Bertz CT molecular complexity index is 1090. The van der Waals surface area contributed by atoms with Gasteiger partial charge in [0, 0.05) is 34.3 Å². The number of carbonyl (C=O) groups excluding carboxylic acids is 3. The lowest BCUT2D eigenvalue weighted by molar-refractivity contribution is -0.120. The van der Waals surface area contributed by atoms with E-state index in [1.54, 1.807) is 6.07 Å². The number of nitrogens with zero attached hydrogens (tertiary/aromatic N) is 2. The third kappa shape index (κ3) is 6.64. The van der Waals surface area contributed by atoms with Crippen molar-refractivity contribution >= 4 is 45.4 Å². The number of hydrogen-bond acceptors (Lipinski definition) is 7. The summed E-state index contributed by atoms with van der Waals surface area (Å²) in [5, 5.41) is 6.81. The number of ether oxygens (including phenoxy) is 1. The number of fused-ring (bicyclic) bond motifs is 1. The van der Waals surface area contributed by atoms with Gasteiger partial charge in [-0.3, -0.25) is 14.4 Å². The molecule has 0 unspecified atom stereocenters. The predicted molar refractivity (Wildman–Crippen MR) is 134 cm³/mol. The highest BCUT2D eigenvalue weighted by molar-refractivity contribution is 9.10. The molecular formula is C24H28BrN5O4. The van der Waals surface area contributed by atoms with Crippen LogP contribution in [0.25, 0.3) is 0 Å². The quantitative estimate of drug-likeness (QED) is 0.142. The first-order valence-electron chi connectivity index (χ1n) is 10.9. The minimum Gasteiger partial charge on any atom is -0.493 e. The summed E-state index contributed by atoms with van der Waals surface area (Å²) in [4.78, 5) is 38.6. The second kappa shape index (κ2) is 11.8. The summed E-state index contributed by atoms with van der Waals surface area (Å²) in [6, 6.07) is 8.66. The number of anilines is 1. The van der Waals surface area contributed by atoms with Crippen LogP contribution in [0.15, 0.2) is 39.9 Å². The Kier molecular flexibility index (Phi) is 8.78. The van der Waals surface area contributed by atoms with Gasteiger partial charge in [-0.15, -0.1) is 0 Å². The van der Waals surface area contributed by atoms with E-state index in [1.807, 2.05) is 37.2 Å². The fourth-order valence-electron chi connectivity index (χ4n) is 3.57. The number of benzene rings is 2. The fourth-order valence-corrected chi connectivity index (χ4v) is 4.25. The Labute approximate surface area is 206 Å². The summed E-state index contributed by atoms with van der Waals surface area (Å²) in [5.74, 6) is 0.202. The number of hydrazone groups is 1. The predicted octanol–water partition coefficient (Wildman–Crippen LogP) is 1.91. The van der Waals surface area contributed by atoms with Gasteiger partial charge in [-0.1, -0.05) is 12.1 Å². The van der Waals surface area contributed by atoms with E-state index in [9.17, 15) is 14.4 Å². The lowest BCUT2D eigenvalue weighted by Gasteiger charge is -2.12. The average Bonchev–Trinajstić information content (AvgIpc) is 3.26. The molecule has 0 atom stereocenters. The molecule has 1 aliphatic heterocycles. The molecule has 0 saturated carbocycles. The van der Waals surface area contributed by atoms with E-state index < -0.39 is 0 Å². The smallest absolute Gasteiger partial charge is 0.251 e. The number of rotatable bonds is 10. The van der Waals surface area contributed by atoms with Crippen LogP contribution >= 0.6 is 15.9 Å². The molecule has 0 fully saturated rings. The van der Waals surface area contributed by atoms with Crippen molar-refractivity contribution < 1.29 is 19.1 Å². The first kappa shape index (κ1) is 25.4. The molecule has 0 saturated heterocycles. The minimum absolute atomic E-state index is 0.0574. The van der Waals surface area contributed by atoms with E-state index in [4.69, 9.17) is 10.5 Å². The molecule has 34 heavy (non-hydrogen) atoms. The van der Waals surface area contributed by atoms with Crippen LogP contribution in [0.1, 0.15) is 33.5 Å². The molecule has 0 aliphatic carbocycles. The fraction of sp³-hybridized carbons (Fsp3) is 0.333. The van der Waals surface area contributed by atoms with Gasteiger partial charge in [0.1, 0.15) is 11.5 Å². The van der Waals surface area contributed by atoms with Crippen LogP contribution in [0.3, 0.4) is 0 Å². The van der Waals surface area contributed by atoms with Gasteiger partial charge in [-0.05, 0) is 72.3 Å². The van der Waals surface area contributed by atoms with Crippen LogP contribution in [-0.4, -0.2) is 62.5 Å². The highest BCUT2D eigenvalue weighted by atomic mass is 79.9. The Morgan fingerprint density at radius 1 is 1.26 bits per heavy atom. The Balaban J connectivity index is 1.66. The van der Waals surface area contributed by atoms with Gasteiger partial charge in [0.25, 0.3) is 5.91 Å². The minimum atomic E-state index is -0.373. The van der Waals surface area contributed by atoms with E-state index in [-0.39, 0.29) is 29.6 Å². The van der Waals surface area contributed by atoms with Crippen molar-refractivity contribution in [3.8, 4) is 5.75 Å². The van der Waals surface area contributed by atoms with Crippen molar-refractivity contribution in [3.63, 3.8) is 0 Å². The van der Waals surface area contributed by atoms with Gasteiger partial charge in [0.2, 0.25) is 5.91 Å². The molecule has 1 heterocycles. The highest BCUT2D eigenvalue weighted by Crippen LogP contribution is 2.27. The number of aldehydes is 1. The zero-order valence-electron chi connectivity index (χ0n) is 19.2. The summed E-state index contributed by atoms with van der Waals surface area (Å²) >= 11 is 3.37. The van der Waals surface area contributed by atoms with Crippen molar-refractivity contribution in [1.82, 2.24) is 15.6 Å². The molecule has 180 valence electrons. The summed E-state index contributed by atoms with van der Waals surface area (Å²) < 4.78 is 5.90.